The molecule has 1 aromatic heterocycles. The van der Waals surface area contributed by atoms with Crippen LogP contribution < -0.4 is 5.32 Å². The van der Waals surface area contributed by atoms with E-state index in [0.29, 0.717) is 23.1 Å². The average molecular weight is 299 g/mol. The second-order valence-electron chi connectivity index (χ2n) is 4.90. The van der Waals surface area contributed by atoms with Gasteiger partial charge in [-0.15, -0.1) is 0 Å². The number of hydrogen-bond donors (Lipinski definition) is 2. The molecule has 4 nitrogen and oxygen atoms in total. The van der Waals surface area contributed by atoms with Gasteiger partial charge in [0.1, 0.15) is 0 Å². The molecule has 0 saturated carbocycles. The second-order valence-corrected chi connectivity index (χ2v) is 5.75. The quantitative estimate of drug-likeness (QED) is 0.916. The fourth-order valence-electron chi connectivity index (χ4n) is 2.65. The van der Waals surface area contributed by atoms with Crippen molar-refractivity contribution in [2.75, 3.05) is 13.1 Å². The third-order valence-corrected chi connectivity index (χ3v) is 4.15. The van der Waals surface area contributed by atoms with Crippen LogP contribution in [0, 0.1) is 0 Å². The van der Waals surface area contributed by atoms with E-state index in [4.69, 9.17) is 28.3 Å². The van der Waals surface area contributed by atoms with Crippen molar-refractivity contribution < 1.29 is 9.90 Å². The predicted molar refractivity (Wildman–Crippen MR) is 75.1 cm³/mol. The van der Waals surface area contributed by atoms with Gasteiger partial charge in [-0.2, -0.15) is 0 Å². The minimum absolute atomic E-state index is 0.0773. The second kappa shape index (κ2) is 4.40. The van der Waals surface area contributed by atoms with Gasteiger partial charge in [0.15, 0.2) is 0 Å². The Morgan fingerprint density at radius 3 is 2.74 bits per heavy atom. The average Bonchev–Trinajstić information content (AvgIpc) is 2.67. The van der Waals surface area contributed by atoms with Crippen LogP contribution in [0.25, 0.3) is 10.9 Å². The minimum Gasteiger partial charge on any atom is -0.481 e. The lowest BCUT2D eigenvalue weighted by molar-refractivity contribution is -0.140. The van der Waals surface area contributed by atoms with E-state index < -0.39 is 11.5 Å². The van der Waals surface area contributed by atoms with Crippen molar-refractivity contribution in [2.24, 2.45) is 0 Å². The van der Waals surface area contributed by atoms with Crippen molar-refractivity contribution in [3.05, 3.63) is 34.4 Å². The molecule has 19 heavy (non-hydrogen) atoms. The largest absolute Gasteiger partial charge is 0.481 e. The zero-order valence-electron chi connectivity index (χ0n) is 9.99. The summed E-state index contributed by atoms with van der Waals surface area (Å²) in [7, 11) is 0. The van der Waals surface area contributed by atoms with Gasteiger partial charge in [-0.1, -0.05) is 23.2 Å². The van der Waals surface area contributed by atoms with Crippen molar-refractivity contribution >= 4 is 40.1 Å². The first-order chi connectivity index (χ1) is 9.02. The Balaban J connectivity index is 2.17. The molecular weight excluding hydrogens is 287 g/mol. The lowest BCUT2D eigenvalue weighted by Crippen LogP contribution is -2.61. The number of aliphatic carboxylic acids is 1. The highest BCUT2D eigenvalue weighted by Crippen LogP contribution is 2.35. The van der Waals surface area contributed by atoms with Crippen LogP contribution in [0.1, 0.15) is 6.42 Å². The first-order valence-electron chi connectivity index (χ1n) is 5.91. The number of fused-ring (bicyclic) bond motifs is 1. The Morgan fingerprint density at radius 1 is 1.42 bits per heavy atom. The predicted octanol–water partition coefficient (Wildman–Crippen LogP) is 2.72. The first kappa shape index (κ1) is 12.8. The van der Waals surface area contributed by atoms with Crippen molar-refractivity contribution in [1.82, 2.24) is 9.88 Å². The highest BCUT2D eigenvalue weighted by Gasteiger charge is 2.41. The molecule has 0 amide bonds. The Hall–Kier alpha value is -1.23. The zero-order valence-corrected chi connectivity index (χ0v) is 11.5. The van der Waals surface area contributed by atoms with Crippen molar-refractivity contribution in [2.45, 2.75) is 12.0 Å². The summed E-state index contributed by atoms with van der Waals surface area (Å²) in [5.74, 6) is -0.809. The standard InChI is InChI=1S/C13H12Cl2N2O2/c14-8-3-10(15)9-1-2-17(11(9)4-8)13(5-12(18)19)6-16-7-13/h1-4,16H,5-7H2,(H,18,19). The van der Waals surface area contributed by atoms with Crippen LogP contribution in [-0.4, -0.2) is 28.7 Å². The molecule has 0 radical (unpaired) electrons. The lowest BCUT2D eigenvalue weighted by Gasteiger charge is -2.43. The van der Waals surface area contributed by atoms with Crippen LogP contribution in [-0.2, 0) is 10.3 Å². The molecule has 1 fully saturated rings. The van der Waals surface area contributed by atoms with E-state index in [1.54, 1.807) is 6.07 Å². The van der Waals surface area contributed by atoms with Crippen molar-refractivity contribution in [3.8, 4) is 0 Å². The summed E-state index contributed by atoms with van der Waals surface area (Å²) in [5.41, 5.74) is 0.446. The Kier molecular flexibility index (Phi) is 2.96. The summed E-state index contributed by atoms with van der Waals surface area (Å²) in [6, 6.07) is 5.42. The number of carbonyl (C=O) groups is 1. The van der Waals surface area contributed by atoms with Crippen LogP contribution >= 0.6 is 23.2 Å². The summed E-state index contributed by atoms with van der Waals surface area (Å²) in [4.78, 5) is 11.1. The highest BCUT2D eigenvalue weighted by atomic mass is 35.5. The van der Waals surface area contributed by atoms with E-state index in [-0.39, 0.29) is 6.42 Å². The van der Waals surface area contributed by atoms with Crippen molar-refractivity contribution in [3.63, 3.8) is 0 Å². The Bertz CT molecular complexity index is 662. The van der Waals surface area contributed by atoms with Gasteiger partial charge in [0.25, 0.3) is 0 Å². The topological polar surface area (TPSA) is 54.3 Å². The molecule has 1 aliphatic rings. The fourth-order valence-corrected chi connectivity index (χ4v) is 3.20. The maximum atomic E-state index is 11.1. The monoisotopic (exact) mass is 298 g/mol. The maximum absolute atomic E-state index is 11.1. The van der Waals surface area contributed by atoms with Gasteiger partial charge in [-0.05, 0) is 18.2 Å². The number of carboxylic acids is 1. The number of hydrogen-bond acceptors (Lipinski definition) is 2. The SMILES string of the molecule is O=C(O)CC1(n2ccc3c(Cl)cc(Cl)cc32)CNC1. The molecular formula is C13H12Cl2N2O2. The van der Waals surface area contributed by atoms with Crippen LogP contribution in [0.15, 0.2) is 24.4 Å². The normalized spacial score (nSPS) is 17.4. The van der Waals surface area contributed by atoms with Gasteiger partial charge < -0.3 is 15.0 Å². The molecule has 100 valence electrons. The molecule has 2 N–H and O–H groups in total. The van der Waals surface area contributed by atoms with E-state index in [9.17, 15) is 4.79 Å². The molecule has 2 aromatic rings. The van der Waals surface area contributed by atoms with Gasteiger partial charge in [-0.25, -0.2) is 0 Å². The van der Waals surface area contributed by atoms with Gasteiger partial charge in [0, 0.05) is 29.7 Å². The molecule has 0 bridgehead atoms. The lowest BCUT2D eigenvalue weighted by atomic mass is 9.88. The fraction of sp³-hybridized carbons (Fsp3) is 0.308. The third kappa shape index (κ3) is 2.00. The molecule has 0 spiro atoms. The molecule has 3 rings (SSSR count). The van der Waals surface area contributed by atoms with Gasteiger partial charge in [0.05, 0.1) is 22.5 Å². The summed E-state index contributed by atoms with van der Waals surface area (Å²) in [6.45, 7) is 1.26. The zero-order chi connectivity index (χ0) is 13.6. The van der Waals surface area contributed by atoms with E-state index >= 15 is 0 Å². The molecule has 1 saturated heterocycles. The van der Waals surface area contributed by atoms with Crippen molar-refractivity contribution in [1.29, 1.82) is 0 Å². The highest BCUT2D eigenvalue weighted by molar-refractivity contribution is 6.38. The number of nitrogens with zero attached hydrogens (tertiary/aromatic N) is 1. The van der Waals surface area contributed by atoms with Gasteiger partial charge >= 0.3 is 5.97 Å². The van der Waals surface area contributed by atoms with Crippen LogP contribution in [0.5, 0.6) is 0 Å². The Labute approximate surface area is 119 Å². The number of rotatable bonds is 3. The maximum Gasteiger partial charge on any atom is 0.305 e. The molecule has 0 unspecified atom stereocenters. The Morgan fingerprint density at radius 2 is 2.16 bits per heavy atom. The molecule has 2 heterocycles. The van der Waals surface area contributed by atoms with Gasteiger partial charge in [0.2, 0.25) is 0 Å². The van der Waals surface area contributed by atoms with E-state index in [1.807, 2.05) is 22.9 Å². The molecule has 0 atom stereocenters. The van der Waals surface area contributed by atoms with Crippen LogP contribution in [0.4, 0.5) is 0 Å². The summed E-state index contributed by atoms with van der Waals surface area (Å²) < 4.78 is 1.98. The number of aromatic nitrogens is 1. The van der Waals surface area contributed by atoms with Crippen LogP contribution in [0.3, 0.4) is 0 Å². The molecule has 1 aromatic carbocycles. The summed E-state index contributed by atoms with van der Waals surface area (Å²) >= 11 is 12.2. The summed E-state index contributed by atoms with van der Waals surface area (Å²) in [6.07, 6.45) is 1.96. The van der Waals surface area contributed by atoms with E-state index in [0.717, 1.165) is 10.9 Å². The van der Waals surface area contributed by atoms with E-state index in [1.165, 1.54) is 0 Å². The third-order valence-electron chi connectivity index (χ3n) is 3.62. The summed E-state index contributed by atoms with van der Waals surface area (Å²) in [5, 5.41) is 14.3. The number of carboxylic acid groups (broad SMARTS) is 1. The van der Waals surface area contributed by atoms with E-state index in [2.05, 4.69) is 5.32 Å². The molecule has 6 heteroatoms. The molecule has 1 aliphatic heterocycles. The number of nitrogens with one attached hydrogen (secondary N) is 1. The number of halogens is 2. The first-order valence-corrected chi connectivity index (χ1v) is 6.67. The number of benzene rings is 1. The minimum atomic E-state index is -0.809. The molecule has 0 aliphatic carbocycles. The van der Waals surface area contributed by atoms with Gasteiger partial charge in [-0.3, -0.25) is 4.79 Å². The van der Waals surface area contributed by atoms with Crippen LogP contribution in [0.2, 0.25) is 10.0 Å². The smallest absolute Gasteiger partial charge is 0.305 e.